The van der Waals surface area contributed by atoms with Gasteiger partial charge in [-0.2, -0.15) is 0 Å². The van der Waals surface area contributed by atoms with Gasteiger partial charge in [-0.25, -0.2) is 10.1 Å². The molecule has 0 bridgehead atoms. The van der Waals surface area contributed by atoms with Crippen LogP contribution in [0.5, 0.6) is 0 Å². The highest BCUT2D eigenvalue weighted by Gasteiger charge is 2.30. The minimum atomic E-state index is -1.13. The summed E-state index contributed by atoms with van der Waals surface area (Å²) in [6.45, 7) is 0. The molecule has 1 saturated heterocycles. The van der Waals surface area contributed by atoms with Gasteiger partial charge < -0.3 is 21.5 Å². The Kier molecular flexibility index (Phi) is 1.92. The van der Waals surface area contributed by atoms with Crippen LogP contribution in [0.2, 0.25) is 0 Å². The molecule has 0 spiro atoms. The second-order valence-electron chi connectivity index (χ2n) is 2.02. The van der Waals surface area contributed by atoms with E-state index in [9.17, 15) is 9.59 Å². The Hall–Kier alpha value is -1.34. The number of nitrogens with two attached hydrogens (primary N) is 1. The van der Waals surface area contributed by atoms with Crippen LogP contribution < -0.4 is 21.7 Å². The molecule has 1 fully saturated rings. The largest absolute Gasteiger partial charge is 0.361 e. The van der Waals surface area contributed by atoms with Gasteiger partial charge in [-0.3, -0.25) is 4.79 Å². The van der Waals surface area contributed by atoms with Crippen molar-refractivity contribution in [3.8, 4) is 0 Å². The van der Waals surface area contributed by atoms with Crippen LogP contribution in [0.15, 0.2) is 0 Å². The fourth-order valence-electron chi connectivity index (χ4n) is 0.743. The predicted molar refractivity (Wildman–Crippen MR) is 33.8 cm³/mol. The van der Waals surface area contributed by atoms with E-state index < -0.39 is 24.5 Å². The Morgan fingerprint density at radius 2 is 2.36 bits per heavy atom. The van der Waals surface area contributed by atoms with E-state index in [4.69, 9.17) is 10.8 Å². The Bertz CT molecular complexity index is 194. The van der Waals surface area contributed by atoms with Crippen LogP contribution in [0.25, 0.3) is 0 Å². The van der Waals surface area contributed by atoms with E-state index in [-0.39, 0.29) is 0 Å². The van der Waals surface area contributed by atoms with Gasteiger partial charge in [0.15, 0.2) is 12.5 Å². The predicted octanol–water partition coefficient (Wildman–Crippen LogP) is -3.02. The van der Waals surface area contributed by atoms with E-state index in [2.05, 4.69) is 16.0 Å². The first-order chi connectivity index (χ1) is 5.09. The Labute approximate surface area is 61.9 Å². The van der Waals surface area contributed by atoms with Gasteiger partial charge >= 0.3 is 6.03 Å². The number of carbonyl (C=O) groups is 2. The Morgan fingerprint density at radius 3 is 2.73 bits per heavy atom. The fourth-order valence-corrected chi connectivity index (χ4v) is 0.743. The molecule has 3 amide bonds. The first-order valence-corrected chi connectivity index (χ1v) is 2.90. The van der Waals surface area contributed by atoms with Crippen molar-refractivity contribution in [3.05, 3.63) is 0 Å². The monoisotopic (exact) mass is 160 g/mol. The fraction of sp³-hybridized carbons (Fsp3) is 0.500. The number of aliphatic hydroxyl groups is 1. The van der Waals surface area contributed by atoms with Gasteiger partial charge in [0.25, 0.3) is 5.91 Å². The molecule has 1 heterocycles. The lowest BCUT2D eigenvalue weighted by Gasteiger charge is -2.06. The Morgan fingerprint density at radius 1 is 1.73 bits per heavy atom. The summed E-state index contributed by atoms with van der Waals surface area (Å²) >= 11 is 0. The van der Waals surface area contributed by atoms with Gasteiger partial charge in [-0.1, -0.05) is 0 Å². The number of primary amides is 1. The molecule has 62 valence electrons. The number of rotatable bonds is 1. The van der Waals surface area contributed by atoms with Gasteiger partial charge in [-0.05, 0) is 0 Å². The topological polar surface area (TPSA) is 116 Å². The van der Waals surface area contributed by atoms with E-state index in [1.165, 1.54) is 0 Å². The third kappa shape index (κ3) is 1.79. The van der Waals surface area contributed by atoms with Crippen LogP contribution in [-0.2, 0) is 4.79 Å². The molecule has 1 aliphatic heterocycles. The normalized spacial score (nSPS) is 29.7. The van der Waals surface area contributed by atoms with E-state index in [0.29, 0.717) is 0 Å². The molecular weight excluding hydrogens is 152 g/mol. The molecule has 0 radical (unpaired) electrons. The van der Waals surface area contributed by atoms with Crippen molar-refractivity contribution in [1.82, 2.24) is 16.0 Å². The molecule has 11 heavy (non-hydrogen) atoms. The highest BCUT2D eigenvalue weighted by atomic mass is 16.3. The summed E-state index contributed by atoms with van der Waals surface area (Å²) in [4.78, 5) is 20.9. The smallest absolute Gasteiger partial charge is 0.313 e. The average molecular weight is 160 g/mol. The number of amides is 3. The highest BCUT2D eigenvalue weighted by Crippen LogP contribution is 1.89. The minimum Gasteiger partial charge on any atom is -0.361 e. The van der Waals surface area contributed by atoms with E-state index in [1.54, 1.807) is 0 Å². The third-order valence-corrected chi connectivity index (χ3v) is 1.15. The van der Waals surface area contributed by atoms with Crippen molar-refractivity contribution in [2.24, 2.45) is 5.73 Å². The van der Waals surface area contributed by atoms with Crippen molar-refractivity contribution in [3.63, 3.8) is 0 Å². The maximum Gasteiger partial charge on any atom is 0.313 e. The summed E-state index contributed by atoms with van der Waals surface area (Å²) in [6, 6.07) is -0.827. The quantitative estimate of drug-likeness (QED) is 0.280. The van der Waals surface area contributed by atoms with Gasteiger partial charge in [-0.15, -0.1) is 0 Å². The number of hydrogen-bond donors (Lipinski definition) is 5. The van der Waals surface area contributed by atoms with Crippen molar-refractivity contribution in [1.29, 1.82) is 0 Å². The third-order valence-electron chi connectivity index (χ3n) is 1.15. The van der Waals surface area contributed by atoms with E-state index in [0.717, 1.165) is 0 Å². The SMILES string of the molecule is NC(=O)NC1NC(O)NC1=O. The zero-order valence-electron chi connectivity index (χ0n) is 5.50. The molecule has 0 aliphatic carbocycles. The molecule has 1 aliphatic rings. The van der Waals surface area contributed by atoms with Crippen molar-refractivity contribution in [2.45, 2.75) is 12.5 Å². The molecule has 1 rings (SSSR count). The summed E-state index contributed by atoms with van der Waals surface area (Å²) in [6.07, 6.45) is -2.07. The second-order valence-corrected chi connectivity index (χ2v) is 2.02. The van der Waals surface area contributed by atoms with Crippen LogP contribution in [0.1, 0.15) is 0 Å². The van der Waals surface area contributed by atoms with Gasteiger partial charge in [0, 0.05) is 0 Å². The van der Waals surface area contributed by atoms with Crippen LogP contribution in [0, 0.1) is 0 Å². The van der Waals surface area contributed by atoms with Crippen molar-refractivity contribution < 1.29 is 14.7 Å². The number of nitrogens with one attached hydrogen (secondary N) is 3. The summed E-state index contributed by atoms with van der Waals surface area (Å²) in [5.41, 5.74) is 4.73. The molecule has 6 N–H and O–H groups in total. The van der Waals surface area contributed by atoms with Gasteiger partial charge in [0.1, 0.15) is 0 Å². The summed E-state index contributed by atoms with van der Waals surface area (Å²) in [5.74, 6) is -0.517. The maximum atomic E-state index is 10.7. The van der Waals surface area contributed by atoms with Crippen LogP contribution in [0.3, 0.4) is 0 Å². The average Bonchev–Trinajstić information content (AvgIpc) is 2.09. The molecule has 7 heteroatoms. The number of carbonyl (C=O) groups excluding carboxylic acids is 2. The van der Waals surface area contributed by atoms with Crippen LogP contribution in [-0.4, -0.2) is 29.6 Å². The first kappa shape index (κ1) is 7.76. The second kappa shape index (κ2) is 2.72. The standard InChI is InChI=1S/C4H8N4O3/c5-3(10)6-1-2(9)8-4(11)7-1/h1,4,7,11H,(H,8,9)(H3,5,6,10). The lowest BCUT2D eigenvalue weighted by molar-refractivity contribution is -0.121. The van der Waals surface area contributed by atoms with Crippen molar-refractivity contribution >= 4 is 11.9 Å². The molecule has 0 aromatic heterocycles. The zero-order chi connectivity index (χ0) is 8.43. The summed E-state index contributed by atoms with van der Waals surface area (Å²) < 4.78 is 0. The highest BCUT2D eigenvalue weighted by molar-refractivity contribution is 5.87. The maximum absolute atomic E-state index is 10.7. The number of hydrogen-bond acceptors (Lipinski definition) is 4. The zero-order valence-corrected chi connectivity index (χ0v) is 5.50. The summed E-state index contributed by atoms with van der Waals surface area (Å²) in [7, 11) is 0. The van der Waals surface area contributed by atoms with Crippen LogP contribution in [0.4, 0.5) is 4.79 Å². The van der Waals surface area contributed by atoms with E-state index >= 15 is 0 Å². The van der Waals surface area contributed by atoms with E-state index in [1.807, 2.05) is 0 Å². The lowest BCUT2D eigenvalue weighted by Crippen LogP contribution is -2.49. The molecule has 0 saturated carbocycles. The lowest BCUT2D eigenvalue weighted by atomic mass is 10.5. The number of urea groups is 1. The first-order valence-electron chi connectivity index (χ1n) is 2.90. The minimum absolute atomic E-state index is 0.517. The van der Waals surface area contributed by atoms with Crippen LogP contribution >= 0.6 is 0 Å². The summed E-state index contributed by atoms with van der Waals surface area (Å²) in [5, 5.41) is 15.3. The van der Waals surface area contributed by atoms with Gasteiger partial charge in [0.2, 0.25) is 0 Å². The molecule has 0 aromatic carbocycles. The number of aliphatic hydroxyl groups excluding tert-OH is 1. The molecule has 2 unspecified atom stereocenters. The van der Waals surface area contributed by atoms with Crippen molar-refractivity contribution in [2.75, 3.05) is 0 Å². The molecule has 7 nitrogen and oxygen atoms in total. The molecular formula is C4H8N4O3. The molecule has 0 aromatic rings. The molecule has 2 atom stereocenters. The Balaban J connectivity index is 2.47. The van der Waals surface area contributed by atoms with Gasteiger partial charge in [0.05, 0.1) is 0 Å².